The summed E-state index contributed by atoms with van der Waals surface area (Å²) in [5, 5.41) is 10.7. The third kappa shape index (κ3) is 3.60. The molecule has 1 fully saturated rings. The van der Waals surface area contributed by atoms with E-state index in [1.165, 1.54) is 12.1 Å². The number of carbonyl (C=O) groups is 1. The van der Waals surface area contributed by atoms with Crippen molar-refractivity contribution in [2.75, 3.05) is 13.1 Å². The van der Waals surface area contributed by atoms with Gasteiger partial charge in [-0.25, -0.2) is 4.79 Å². The number of rotatable bonds is 3. The zero-order valence-electron chi connectivity index (χ0n) is 10.2. The number of amides is 1. The first kappa shape index (κ1) is 13.7. The van der Waals surface area contributed by atoms with E-state index in [4.69, 9.17) is 4.74 Å². The van der Waals surface area contributed by atoms with Gasteiger partial charge in [-0.1, -0.05) is 0 Å². The maximum atomic E-state index is 11.7. The molecule has 6 nitrogen and oxygen atoms in total. The summed E-state index contributed by atoms with van der Waals surface area (Å²) < 4.78 is 5.14. The summed E-state index contributed by atoms with van der Waals surface area (Å²) in [5.74, 6) is 0. The average Bonchev–Trinajstić information content (AvgIpc) is 2.83. The van der Waals surface area contributed by atoms with Crippen LogP contribution in [0.4, 0.5) is 10.5 Å². The highest BCUT2D eigenvalue weighted by Crippen LogP contribution is 2.16. The Bertz CT molecular complexity index is 477. The number of benzene rings is 1. The Kier molecular flexibility index (Phi) is 4.26. The number of thiol groups is 1. The number of ether oxygens (including phenoxy) is 1. The molecule has 102 valence electrons. The maximum absolute atomic E-state index is 11.7. The Morgan fingerprint density at radius 1 is 1.47 bits per heavy atom. The molecule has 1 amide bonds. The molecular formula is C12H14N2O4S. The highest BCUT2D eigenvalue weighted by Gasteiger charge is 2.24. The van der Waals surface area contributed by atoms with Crippen molar-refractivity contribution >= 4 is 24.4 Å². The Labute approximate surface area is 115 Å². The fraction of sp³-hybridized carbons (Fsp3) is 0.417. The van der Waals surface area contributed by atoms with Crippen molar-refractivity contribution in [1.82, 2.24) is 4.90 Å². The molecule has 0 bridgehead atoms. The molecule has 0 N–H and O–H groups in total. The van der Waals surface area contributed by atoms with Gasteiger partial charge in [0.15, 0.2) is 0 Å². The quantitative estimate of drug-likeness (QED) is 0.524. The van der Waals surface area contributed by atoms with Crippen LogP contribution in [0, 0.1) is 10.1 Å². The predicted octanol–water partition coefficient (Wildman–Crippen LogP) is 2.24. The van der Waals surface area contributed by atoms with Gasteiger partial charge in [-0.05, 0) is 24.1 Å². The van der Waals surface area contributed by atoms with Crippen LogP contribution in [0.15, 0.2) is 24.3 Å². The summed E-state index contributed by atoms with van der Waals surface area (Å²) in [4.78, 5) is 23.3. The highest BCUT2D eigenvalue weighted by molar-refractivity contribution is 7.81. The van der Waals surface area contributed by atoms with Crippen molar-refractivity contribution in [3.8, 4) is 0 Å². The minimum Gasteiger partial charge on any atom is -0.445 e. The topological polar surface area (TPSA) is 72.7 Å². The van der Waals surface area contributed by atoms with Gasteiger partial charge >= 0.3 is 6.09 Å². The Morgan fingerprint density at radius 2 is 2.16 bits per heavy atom. The summed E-state index contributed by atoms with van der Waals surface area (Å²) in [7, 11) is 0. The van der Waals surface area contributed by atoms with E-state index in [1.54, 1.807) is 17.0 Å². The van der Waals surface area contributed by atoms with Crippen LogP contribution in [0.1, 0.15) is 12.0 Å². The molecule has 1 aromatic carbocycles. The summed E-state index contributed by atoms with van der Waals surface area (Å²) in [6, 6.07) is 5.94. The van der Waals surface area contributed by atoms with E-state index < -0.39 is 4.92 Å². The monoisotopic (exact) mass is 282 g/mol. The van der Waals surface area contributed by atoms with Gasteiger partial charge in [0.1, 0.15) is 6.61 Å². The lowest BCUT2D eigenvalue weighted by molar-refractivity contribution is -0.384. The molecule has 1 aliphatic rings. The summed E-state index contributed by atoms with van der Waals surface area (Å²) in [5.41, 5.74) is 0.744. The number of nitrogens with zero attached hydrogens (tertiary/aromatic N) is 2. The van der Waals surface area contributed by atoms with E-state index >= 15 is 0 Å². The Hall–Kier alpha value is -1.76. The molecule has 0 aliphatic carbocycles. The van der Waals surface area contributed by atoms with Crippen LogP contribution in [0.3, 0.4) is 0 Å². The van der Waals surface area contributed by atoms with Crippen LogP contribution >= 0.6 is 12.6 Å². The molecule has 7 heteroatoms. The van der Waals surface area contributed by atoms with Crippen molar-refractivity contribution in [2.24, 2.45) is 0 Å². The van der Waals surface area contributed by atoms with Crippen molar-refractivity contribution in [3.63, 3.8) is 0 Å². The van der Waals surface area contributed by atoms with E-state index in [-0.39, 0.29) is 23.6 Å². The lowest BCUT2D eigenvalue weighted by Gasteiger charge is -2.15. The molecule has 0 spiro atoms. The van der Waals surface area contributed by atoms with Crippen LogP contribution in [-0.4, -0.2) is 34.3 Å². The second-order valence-electron chi connectivity index (χ2n) is 4.37. The highest BCUT2D eigenvalue weighted by atomic mass is 32.1. The molecule has 0 aromatic heterocycles. The van der Waals surface area contributed by atoms with E-state index in [0.717, 1.165) is 12.0 Å². The number of hydrogen-bond donors (Lipinski definition) is 1. The maximum Gasteiger partial charge on any atom is 0.410 e. The van der Waals surface area contributed by atoms with Crippen LogP contribution in [0.5, 0.6) is 0 Å². The fourth-order valence-electron chi connectivity index (χ4n) is 1.86. The molecule has 2 rings (SSSR count). The van der Waals surface area contributed by atoms with Crippen molar-refractivity contribution in [3.05, 3.63) is 39.9 Å². The number of non-ortho nitro benzene ring substituents is 1. The third-order valence-corrected chi connectivity index (χ3v) is 3.35. The van der Waals surface area contributed by atoms with E-state index in [0.29, 0.717) is 13.1 Å². The predicted molar refractivity (Wildman–Crippen MR) is 72.2 cm³/mol. The first-order valence-electron chi connectivity index (χ1n) is 5.89. The van der Waals surface area contributed by atoms with E-state index in [1.807, 2.05) is 0 Å². The van der Waals surface area contributed by atoms with Crippen LogP contribution in [0.2, 0.25) is 0 Å². The van der Waals surface area contributed by atoms with Crippen molar-refractivity contribution in [1.29, 1.82) is 0 Å². The molecule has 0 saturated carbocycles. The zero-order valence-corrected chi connectivity index (χ0v) is 11.1. The second kappa shape index (κ2) is 5.92. The zero-order chi connectivity index (χ0) is 13.8. The number of nitro groups is 1. The van der Waals surface area contributed by atoms with Crippen LogP contribution in [-0.2, 0) is 11.3 Å². The van der Waals surface area contributed by atoms with Gasteiger partial charge in [0.25, 0.3) is 5.69 Å². The van der Waals surface area contributed by atoms with Gasteiger partial charge in [-0.2, -0.15) is 12.6 Å². The lowest BCUT2D eigenvalue weighted by atomic mass is 10.2. The van der Waals surface area contributed by atoms with E-state index in [9.17, 15) is 14.9 Å². The number of carbonyl (C=O) groups excluding carboxylic acids is 1. The molecule has 1 atom stereocenters. The minimum atomic E-state index is -0.465. The van der Waals surface area contributed by atoms with Crippen LogP contribution < -0.4 is 0 Å². The Morgan fingerprint density at radius 3 is 2.68 bits per heavy atom. The van der Waals surface area contributed by atoms with Gasteiger partial charge in [0, 0.05) is 30.5 Å². The molecule has 1 aliphatic heterocycles. The van der Waals surface area contributed by atoms with E-state index in [2.05, 4.69) is 12.6 Å². The SMILES string of the molecule is O=C(OCc1ccc([N+](=O)[O-])cc1)N1CC[C@H](S)C1. The Balaban J connectivity index is 1.85. The smallest absolute Gasteiger partial charge is 0.410 e. The number of likely N-dealkylation sites (tertiary alicyclic amines) is 1. The van der Waals surface area contributed by atoms with Gasteiger partial charge < -0.3 is 9.64 Å². The molecule has 1 saturated heterocycles. The standard InChI is InChI=1S/C12H14N2O4S/c15-12(13-6-5-11(19)7-13)18-8-9-1-3-10(4-2-9)14(16)17/h1-4,11,19H,5-8H2/t11-/m0/s1. The second-order valence-corrected chi connectivity index (χ2v) is 5.10. The van der Waals surface area contributed by atoms with Crippen molar-refractivity contribution in [2.45, 2.75) is 18.3 Å². The molecule has 1 heterocycles. The molecular weight excluding hydrogens is 268 g/mol. The molecule has 1 aromatic rings. The number of nitro benzene ring substituents is 1. The largest absolute Gasteiger partial charge is 0.445 e. The minimum absolute atomic E-state index is 0.0209. The van der Waals surface area contributed by atoms with Gasteiger partial charge in [-0.15, -0.1) is 0 Å². The van der Waals surface area contributed by atoms with Crippen LogP contribution in [0.25, 0.3) is 0 Å². The number of hydrogen-bond acceptors (Lipinski definition) is 5. The van der Waals surface area contributed by atoms with Gasteiger partial charge in [-0.3, -0.25) is 10.1 Å². The van der Waals surface area contributed by atoms with Crippen molar-refractivity contribution < 1.29 is 14.5 Å². The fourth-order valence-corrected chi connectivity index (χ4v) is 2.17. The molecule has 0 radical (unpaired) electrons. The van der Waals surface area contributed by atoms with Gasteiger partial charge in [0.05, 0.1) is 4.92 Å². The molecule has 19 heavy (non-hydrogen) atoms. The summed E-state index contributed by atoms with van der Waals surface area (Å²) >= 11 is 4.30. The summed E-state index contributed by atoms with van der Waals surface area (Å²) in [6.07, 6.45) is 0.505. The summed E-state index contributed by atoms with van der Waals surface area (Å²) in [6.45, 7) is 1.38. The first-order valence-corrected chi connectivity index (χ1v) is 6.41. The average molecular weight is 282 g/mol. The third-order valence-electron chi connectivity index (χ3n) is 2.93. The normalized spacial score (nSPS) is 18.4. The van der Waals surface area contributed by atoms with Gasteiger partial charge in [0.2, 0.25) is 0 Å². The lowest BCUT2D eigenvalue weighted by Crippen LogP contribution is -2.29. The first-order chi connectivity index (χ1) is 9.06. The molecule has 0 unspecified atom stereocenters.